The summed E-state index contributed by atoms with van der Waals surface area (Å²) in [6.45, 7) is 6.69. The Morgan fingerprint density at radius 1 is 1.44 bits per heavy atom. The van der Waals surface area contributed by atoms with E-state index in [2.05, 4.69) is 5.32 Å². The van der Waals surface area contributed by atoms with Crippen molar-refractivity contribution in [3.63, 3.8) is 0 Å². The molecule has 2 nitrogen and oxygen atoms in total. The molecule has 1 unspecified atom stereocenters. The maximum Gasteiger partial charge on any atom is 0.242 e. The van der Waals surface area contributed by atoms with Gasteiger partial charge in [-0.2, -0.15) is 0 Å². The van der Waals surface area contributed by atoms with Gasteiger partial charge in [0.25, 0.3) is 0 Å². The third kappa shape index (κ3) is 3.24. The molecule has 0 aliphatic heterocycles. The van der Waals surface area contributed by atoms with Crippen LogP contribution >= 0.6 is 11.6 Å². The highest BCUT2D eigenvalue weighted by Gasteiger charge is 2.18. The fraction of sp³-hybridized carbons (Fsp3) is 0.462. The molecule has 0 saturated heterocycles. The van der Waals surface area contributed by atoms with Gasteiger partial charge in [-0.25, -0.2) is 0 Å². The third-order valence-electron chi connectivity index (χ3n) is 2.48. The van der Waals surface area contributed by atoms with Crippen LogP contribution in [-0.2, 0) is 4.79 Å². The highest BCUT2D eigenvalue weighted by molar-refractivity contribution is 6.30. The van der Waals surface area contributed by atoms with Gasteiger partial charge >= 0.3 is 0 Å². The minimum atomic E-state index is -0.591. The molecule has 88 valence electrons. The largest absolute Gasteiger partial charge is 0.355 e. The summed E-state index contributed by atoms with van der Waals surface area (Å²) in [6, 6.07) is 5.94. The Kier molecular flexibility index (Phi) is 4.81. The summed E-state index contributed by atoms with van der Waals surface area (Å²) in [4.78, 5) is 11.7. The van der Waals surface area contributed by atoms with Crippen molar-refractivity contribution in [2.75, 3.05) is 6.54 Å². The van der Waals surface area contributed by atoms with Gasteiger partial charge in [0, 0.05) is 6.54 Å². The Morgan fingerprint density at radius 2 is 2.12 bits per heavy atom. The highest BCUT2D eigenvalue weighted by Crippen LogP contribution is 2.24. The van der Waals surface area contributed by atoms with Crippen LogP contribution in [0.1, 0.15) is 35.4 Å². The van der Waals surface area contributed by atoms with Crippen LogP contribution < -0.4 is 5.32 Å². The van der Waals surface area contributed by atoms with Crippen LogP contribution in [0.25, 0.3) is 0 Å². The van der Waals surface area contributed by atoms with Crippen molar-refractivity contribution in [2.24, 2.45) is 0 Å². The minimum Gasteiger partial charge on any atom is -0.355 e. The van der Waals surface area contributed by atoms with Crippen molar-refractivity contribution in [2.45, 2.75) is 32.6 Å². The van der Waals surface area contributed by atoms with Gasteiger partial charge in [0.2, 0.25) is 5.91 Å². The molecular weight excluding hydrogens is 222 g/mol. The maximum atomic E-state index is 11.7. The van der Waals surface area contributed by atoms with E-state index in [4.69, 9.17) is 11.6 Å². The zero-order valence-corrected chi connectivity index (χ0v) is 10.8. The lowest BCUT2D eigenvalue weighted by molar-refractivity contribution is -0.120. The smallest absolute Gasteiger partial charge is 0.242 e. The molecule has 1 N–H and O–H groups in total. The van der Waals surface area contributed by atoms with Gasteiger partial charge in [-0.15, -0.1) is 11.6 Å². The number of carbonyl (C=O) groups is 1. The highest BCUT2D eigenvalue weighted by atomic mass is 35.5. The van der Waals surface area contributed by atoms with Gasteiger partial charge in [0.15, 0.2) is 0 Å². The lowest BCUT2D eigenvalue weighted by Crippen LogP contribution is -2.27. The second-order valence-corrected chi connectivity index (χ2v) is 4.45. The number of carbonyl (C=O) groups excluding carboxylic acids is 1. The van der Waals surface area contributed by atoms with Crippen molar-refractivity contribution in [3.05, 3.63) is 34.9 Å². The average Bonchev–Trinajstić information content (AvgIpc) is 2.25. The van der Waals surface area contributed by atoms with Crippen molar-refractivity contribution in [1.29, 1.82) is 0 Å². The van der Waals surface area contributed by atoms with E-state index in [0.717, 1.165) is 17.5 Å². The first-order chi connectivity index (χ1) is 7.56. The predicted octanol–water partition coefficient (Wildman–Crippen LogP) is 3.11. The second-order valence-electron chi connectivity index (χ2n) is 4.01. The summed E-state index contributed by atoms with van der Waals surface area (Å²) >= 11 is 6.14. The lowest BCUT2D eigenvalue weighted by Gasteiger charge is -2.13. The SMILES string of the molecule is CCCNC(=O)C(Cl)c1ccc(C)cc1C. The number of benzene rings is 1. The molecule has 0 saturated carbocycles. The molecule has 1 rings (SSSR count). The zero-order chi connectivity index (χ0) is 12.1. The van der Waals surface area contributed by atoms with Crippen molar-refractivity contribution >= 4 is 17.5 Å². The van der Waals surface area contributed by atoms with Gasteiger partial charge < -0.3 is 5.32 Å². The van der Waals surface area contributed by atoms with E-state index in [1.54, 1.807) is 0 Å². The van der Waals surface area contributed by atoms with Crippen molar-refractivity contribution in [1.82, 2.24) is 5.32 Å². The van der Waals surface area contributed by atoms with Crippen molar-refractivity contribution < 1.29 is 4.79 Å². The summed E-state index contributed by atoms with van der Waals surface area (Å²) in [5.41, 5.74) is 3.13. The van der Waals surface area contributed by atoms with E-state index < -0.39 is 5.38 Å². The third-order valence-corrected chi connectivity index (χ3v) is 2.91. The Hall–Kier alpha value is -1.02. The van der Waals surface area contributed by atoms with Crippen LogP contribution in [0.3, 0.4) is 0 Å². The molecule has 1 amide bonds. The summed E-state index contributed by atoms with van der Waals surface area (Å²) in [7, 11) is 0. The molecule has 0 radical (unpaired) electrons. The molecule has 0 aliphatic rings. The summed E-state index contributed by atoms with van der Waals surface area (Å²) < 4.78 is 0. The van der Waals surface area contributed by atoms with Gasteiger partial charge in [0.05, 0.1) is 0 Å². The van der Waals surface area contributed by atoms with E-state index >= 15 is 0 Å². The summed E-state index contributed by atoms with van der Waals surface area (Å²) in [5.74, 6) is -0.115. The number of halogens is 1. The first-order valence-corrected chi connectivity index (χ1v) is 5.98. The second kappa shape index (κ2) is 5.90. The molecule has 0 spiro atoms. The Bertz CT molecular complexity index is 376. The molecule has 0 aliphatic carbocycles. The number of amides is 1. The number of nitrogens with one attached hydrogen (secondary N) is 1. The molecule has 3 heteroatoms. The number of hydrogen-bond acceptors (Lipinski definition) is 1. The first-order valence-electron chi connectivity index (χ1n) is 5.55. The van der Waals surface area contributed by atoms with Gasteiger partial charge in [0.1, 0.15) is 5.38 Å². The van der Waals surface area contributed by atoms with Crippen LogP contribution in [0.5, 0.6) is 0 Å². The maximum absolute atomic E-state index is 11.7. The first kappa shape index (κ1) is 13.0. The molecule has 16 heavy (non-hydrogen) atoms. The number of hydrogen-bond donors (Lipinski definition) is 1. The van der Waals surface area contributed by atoms with E-state index in [1.807, 2.05) is 39.0 Å². The zero-order valence-electron chi connectivity index (χ0n) is 10.0. The van der Waals surface area contributed by atoms with Crippen LogP contribution in [0.15, 0.2) is 18.2 Å². The van der Waals surface area contributed by atoms with Gasteiger partial charge in [-0.1, -0.05) is 30.7 Å². The molecule has 1 aromatic rings. The minimum absolute atomic E-state index is 0.115. The molecule has 0 fully saturated rings. The van der Waals surface area contributed by atoms with E-state index in [1.165, 1.54) is 5.56 Å². The predicted molar refractivity (Wildman–Crippen MR) is 67.8 cm³/mol. The summed E-state index contributed by atoms with van der Waals surface area (Å²) in [6.07, 6.45) is 0.919. The van der Waals surface area contributed by atoms with Crippen molar-refractivity contribution in [3.8, 4) is 0 Å². The Labute approximate surface area is 102 Å². The van der Waals surface area contributed by atoms with Crippen LogP contribution in [0, 0.1) is 13.8 Å². The Morgan fingerprint density at radius 3 is 2.69 bits per heavy atom. The van der Waals surface area contributed by atoms with E-state index in [9.17, 15) is 4.79 Å². The summed E-state index contributed by atoms with van der Waals surface area (Å²) in [5, 5.41) is 2.21. The number of rotatable bonds is 4. The molecular formula is C13H18ClNO. The normalized spacial score (nSPS) is 12.2. The van der Waals surface area contributed by atoms with Crippen LogP contribution in [0.4, 0.5) is 0 Å². The van der Waals surface area contributed by atoms with E-state index in [0.29, 0.717) is 6.54 Å². The van der Waals surface area contributed by atoms with Crippen LogP contribution in [0.2, 0.25) is 0 Å². The molecule has 0 heterocycles. The fourth-order valence-electron chi connectivity index (χ4n) is 1.59. The quantitative estimate of drug-likeness (QED) is 0.804. The molecule has 0 aromatic heterocycles. The monoisotopic (exact) mass is 239 g/mol. The van der Waals surface area contributed by atoms with Gasteiger partial charge in [-0.05, 0) is 31.4 Å². The number of aryl methyl sites for hydroxylation is 2. The molecule has 0 bridgehead atoms. The standard InChI is InChI=1S/C13H18ClNO/c1-4-7-15-13(16)12(14)11-6-5-9(2)8-10(11)3/h5-6,8,12H,4,7H2,1-3H3,(H,15,16). The molecule has 1 aromatic carbocycles. The number of alkyl halides is 1. The fourth-order valence-corrected chi connectivity index (χ4v) is 1.91. The molecule has 1 atom stereocenters. The van der Waals surface area contributed by atoms with Gasteiger partial charge in [-0.3, -0.25) is 4.79 Å². The Balaban J connectivity index is 2.79. The topological polar surface area (TPSA) is 29.1 Å². The van der Waals surface area contributed by atoms with E-state index in [-0.39, 0.29) is 5.91 Å². The average molecular weight is 240 g/mol. The lowest BCUT2D eigenvalue weighted by atomic mass is 10.0. The van der Waals surface area contributed by atoms with Crippen LogP contribution in [-0.4, -0.2) is 12.5 Å².